The van der Waals surface area contributed by atoms with Crippen molar-refractivity contribution in [1.82, 2.24) is 0 Å². The van der Waals surface area contributed by atoms with Crippen molar-refractivity contribution in [1.29, 1.82) is 0 Å². The van der Waals surface area contributed by atoms with Gasteiger partial charge in [0.25, 0.3) is 10.1 Å². The Hall–Kier alpha value is -1.67. The van der Waals surface area contributed by atoms with Crippen LogP contribution in [-0.2, 0) is 29.2 Å². The largest absolute Gasteiger partial charge is 0.497 e. The van der Waals surface area contributed by atoms with Gasteiger partial charge in [0.15, 0.2) is 5.78 Å². The first kappa shape index (κ1) is 19.4. The van der Waals surface area contributed by atoms with E-state index < -0.39 is 32.7 Å². The van der Waals surface area contributed by atoms with Crippen molar-refractivity contribution in [2.24, 2.45) is 5.92 Å². The second kappa shape index (κ2) is 8.26. The van der Waals surface area contributed by atoms with Crippen LogP contribution in [0, 0.1) is 5.92 Å². The molecule has 0 amide bonds. The Morgan fingerprint density at radius 2 is 1.96 bits per heavy atom. The summed E-state index contributed by atoms with van der Waals surface area (Å²) in [6.07, 6.45) is 3.58. The molecule has 0 aromatic carbocycles. The summed E-state index contributed by atoms with van der Waals surface area (Å²) in [6, 6.07) is 0. The molecular formula is C15H22O7S. The van der Waals surface area contributed by atoms with Gasteiger partial charge in [-0.15, -0.1) is 0 Å². The first-order valence-corrected chi connectivity index (χ1v) is 8.90. The Bertz CT molecular complexity index is 628. The Labute approximate surface area is 136 Å². The van der Waals surface area contributed by atoms with Crippen LogP contribution < -0.4 is 0 Å². The lowest BCUT2D eigenvalue weighted by Gasteiger charge is -2.25. The Balaban J connectivity index is 3.41. The van der Waals surface area contributed by atoms with Crippen molar-refractivity contribution >= 4 is 21.9 Å². The summed E-state index contributed by atoms with van der Waals surface area (Å²) >= 11 is 0. The number of methoxy groups -OCH3 is 1. The number of unbranched alkanes of at least 4 members (excludes halogenated alkanes) is 2. The molecule has 0 heterocycles. The van der Waals surface area contributed by atoms with Crippen molar-refractivity contribution < 1.29 is 32.0 Å². The van der Waals surface area contributed by atoms with Crippen molar-refractivity contribution in [3.8, 4) is 0 Å². The molecule has 0 spiro atoms. The van der Waals surface area contributed by atoms with Crippen LogP contribution in [0.4, 0.5) is 0 Å². The van der Waals surface area contributed by atoms with Crippen molar-refractivity contribution in [2.45, 2.75) is 39.5 Å². The van der Waals surface area contributed by atoms with Crippen LogP contribution >= 0.6 is 0 Å². The highest BCUT2D eigenvalue weighted by Crippen LogP contribution is 2.34. The van der Waals surface area contributed by atoms with Gasteiger partial charge in [0.1, 0.15) is 10.7 Å². The van der Waals surface area contributed by atoms with Gasteiger partial charge in [-0.2, -0.15) is 8.42 Å². The average Bonchev–Trinajstić information content (AvgIpc) is 2.48. The van der Waals surface area contributed by atoms with Gasteiger partial charge in [0, 0.05) is 0 Å². The second-order valence-corrected chi connectivity index (χ2v) is 6.49. The van der Waals surface area contributed by atoms with Crippen LogP contribution in [0.15, 0.2) is 22.3 Å². The number of ether oxygens (including phenoxy) is 2. The number of Topliss-reactive ketones (excluding diaryl/α,β-unsaturated/α-hetero) is 1. The Morgan fingerprint density at radius 3 is 2.43 bits per heavy atom. The predicted molar refractivity (Wildman–Crippen MR) is 82.9 cm³/mol. The van der Waals surface area contributed by atoms with E-state index >= 15 is 0 Å². The summed E-state index contributed by atoms with van der Waals surface area (Å²) in [4.78, 5) is 23.5. The maximum Gasteiger partial charge on any atom is 0.341 e. The quantitative estimate of drug-likeness (QED) is 0.407. The van der Waals surface area contributed by atoms with Crippen molar-refractivity contribution in [3.05, 3.63) is 22.3 Å². The molecule has 0 aromatic rings. The standard InChI is InChI=1S/C15H22O7S/c1-4-6-7-8-10-13(16)12(23(18,19)20)9-11(15(17)21-3)14(10)22-5-2/h9-10H,4-8H2,1-3H3,(H,18,19,20). The summed E-state index contributed by atoms with van der Waals surface area (Å²) in [5.41, 5.74) is -0.150. The summed E-state index contributed by atoms with van der Waals surface area (Å²) in [6.45, 7) is 3.89. The highest BCUT2D eigenvalue weighted by atomic mass is 32.2. The molecule has 1 rings (SSSR count). The highest BCUT2D eigenvalue weighted by molar-refractivity contribution is 7.90. The smallest absolute Gasteiger partial charge is 0.341 e. The van der Waals surface area contributed by atoms with Gasteiger partial charge in [-0.25, -0.2) is 4.79 Å². The molecule has 0 aliphatic heterocycles. The summed E-state index contributed by atoms with van der Waals surface area (Å²) in [7, 11) is -3.60. The fourth-order valence-electron chi connectivity index (χ4n) is 2.42. The number of carbonyl (C=O) groups excluding carboxylic acids is 2. The zero-order chi connectivity index (χ0) is 17.6. The minimum absolute atomic E-state index is 0.104. The van der Waals surface area contributed by atoms with Gasteiger partial charge in [0.05, 0.1) is 25.2 Å². The van der Waals surface area contributed by atoms with E-state index in [1.54, 1.807) is 6.92 Å². The molecule has 0 fully saturated rings. The van der Waals surface area contributed by atoms with E-state index in [-0.39, 0.29) is 17.9 Å². The fourth-order valence-corrected chi connectivity index (χ4v) is 3.08. The van der Waals surface area contributed by atoms with E-state index in [9.17, 15) is 22.6 Å². The third-order valence-electron chi connectivity index (χ3n) is 3.50. The molecular weight excluding hydrogens is 324 g/mol. The Morgan fingerprint density at radius 1 is 1.30 bits per heavy atom. The minimum Gasteiger partial charge on any atom is -0.497 e. The number of carbonyl (C=O) groups is 2. The molecule has 1 aliphatic carbocycles. The molecule has 0 saturated heterocycles. The van der Waals surface area contributed by atoms with Crippen molar-refractivity contribution in [3.63, 3.8) is 0 Å². The number of ketones is 1. The summed E-state index contributed by atoms with van der Waals surface area (Å²) < 4.78 is 42.2. The molecule has 8 heteroatoms. The minimum atomic E-state index is -4.74. The number of esters is 1. The van der Waals surface area contributed by atoms with Crippen LogP contribution in [0.1, 0.15) is 39.5 Å². The first-order chi connectivity index (χ1) is 10.8. The predicted octanol–water partition coefficient (Wildman–Crippen LogP) is 2.00. The van der Waals surface area contributed by atoms with E-state index in [0.717, 1.165) is 26.0 Å². The lowest BCUT2D eigenvalue weighted by molar-refractivity contribution is -0.136. The molecule has 130 valence electrons. The van der Waals surface area contributed by atoms with Crippen LogP contribution in [-0.4, -0.2) is 38.4 Å². The molecule has 1 atom stereocenters. The molecule has 0 aromatic heterocycles. The van der Waals surface area contributed by atoms with E-state index in [0.29, 0.717) is 12.8 Å². The SMILES string of the molecule is CCCCCC1C(=O)C(S(=O)(=O)O)=CC(C(=O)OC)=C1OCC. The maximum atomic E-state index is 12.4. The van der Waals surface area contributed by atoms with Gasteiger partial charge in [-0.05, 0) is 19.4 Å². The van der Waals surface area contributed by atoms with Gasteiger partial charge >= 0.3 is 5.97 Å². The normalized spacial score (nSPS) is 18.7. The fraction of sp³-hybridized carbons (Fsp3) is 0.600. The molecule has 23 heavy (non-hydrogen) atoms. The van der Waals surface area contributed by atoms with E-state index in [1.807, 2.05) is 6.92 Å². The Kier molecular flexibility index (Phi) is 6.96. The van der Waals surface area contributed by atoms with Crippen LogP contribution in [0.25, 0.3) is 0 Å². The third kappa shape index (κ3) is 4.65. The van der Waals surface area contributed by atoms with Crippen LogP contribution in [0.5, 0.6) is 0 Å². The zero-order valence-electron chi connectivity index (χ0n) is 13.5. The van der Waals surface area contributed by atoms with Crippen LogP contribution in [0.3, 0.4) is 0 Å². The topological polar surface area (TPSA) is 107 Å². The molecule has 1 aliphatic rings. The van der Waals surface area contributed by atoms with Gasteiger partial charge in [-0.1, -0.05) is 26.2 Å². The maximum absolute atomic E-state index is 12.4. The van der Waals surface area contributed by atoms with Gasteiger partial charge in [0.2, 0.25) is 0 Å². The monoisotopic (exact) mass is 346 g/mol. The molecule has 7 nitrogen and oxygen atoms in total. The summed E-state index contributed by atoms with van der Waals surface area (Å²) in [5.74, 6) is -2.40. The van der Waals surface area contributed by atoms with E-state index in [1.165, 1.54) is 0 Å². The van der Waals surface area contributed by atoms with Crippen molar-refractivity contribution in [2.75, 3.05) is 13.7 Å². The van der Waals surface area contributed by atoms with Gasteiger partial charge < -0.3 is 9.47 Å². The second-order valence-electron chi connectivity index (χ2n) is 5.10. The molecule has 0 saturated carbocycles. The average molecular weight is 346 g/mol. The van der Waals surface area contributed by atoms with E-state index in [4.69, 9.17) is 4.74 Å². The van der Waals surface area contributed by atoms with Crippen LogP contribution in [0.2, 0.25) is 0 Å². The highest BCUT2D eigenvalue weighted by Gasteiger charge is 2.39. The van der Waals surface area contributed by atoms with E-state index in [2.05, 4.69) is 4.74 Å². The zero-order valence-corrected chi connectivity index (χ0v) is 14.3. The lowest BCUT2D eigenvalue weighted by atomic mass is 9.87. The number of allylic oxidation sites excluding steroid dienone is 2. The molecule has 0 radical (unpaired) electrons. The van der Waals surface area contributed by atoms with Gasteiger partial charge in [-0.3, -0.25) is 9.35 Å². The molecule has 1 unspecified atom stereocenters. The lowest BCUT2D eigenvalue weighted by Crippen LogP contribution is -2.30. The number of hydrogen-bond donors (Lipinski definition) is 1. The molecule has 1 N–H and O–H groups in total. The number of hydrogen-bond acceptors (Lipinski definition) is 6. The number of rotatable bonds is 8. The third-order valence-corrected chi connectivity index (χ3v) is 4.37. The summed E-state index contributed by atoms with van der Waals surface area (Å²) in [5, 5.41) is 0. The first-order valence-electron chi connectivity index (χ1n) is 7.46. The molecule has 0 bridgehead atoms.